The molecule has 0 aliphatic carbocycles. The molecule has 5 nitrogen and oxygen atoms in total. The van der Waals surface area contributed by atoms with E-state index in [9.17, 15) is 14.7 Å². The van der Waals surface area contributed by atoms with Crippen LogP contribution < -0.4 is 0 Å². The van der Waals surface area contributed by atoms with E-state index in [0.717, 1.165) is 5.56 Å². The molecule has 1 amide bonds. The number of rotatable bonds is 4. The second kappa shape index (κ2) is 5.52. The first-order valence-corrected chi connectivity index (χ1v) is 6.92. The zero-order chi connectivity index (χ0) is 15.7. The van der Waals surface area contributed by atoms with Crippen LogP contribution in [-0.2, 0) is 16.1 Å². The second-order valence-corrected chi connectivity index (χ2v) is 5.14. The number of hydrogen-bond acceptors (Lipinski definition) is 4. The summed E-state index contributed by atoms with van der Waals surface area (Å²) >= 11 is 0. The second-order valence-electron chi connectivity index (χ2n) is 5.14. The highest BCUT2D eigenvalue weighted by Gasteiger charge is 2.42. The van der Waals surface area contributed by atoms with Crippen LogP contribution in [0.15, 0.2) is 64.5 Å². The van der Waals surface area contributed by atoms with Gasteiger partial charge in [-0.15, -0.1) is 0 Å². The van der Waals surface area contributed by atoms with Crippen LogP contribution in [0.1, 0.15) is 24.3 Å². The van der Waals surface area contributed by atoms with Crippen molar-refractivity contribution in [2.75, 3.05) is 0 Å². The summed E-state index contributed by atoms with van der Waals surface area (Å²) in [5.74, 6) is -0.767. The molecule has 1 aliphatic rings. The Balaban J connectivity index is 2.05. The zero-order valence-corrected chi connectivity index (χ0v) is 12.0. The number of ketones is 1. The number of carbonyl (C=O) groups is 2. The van der Waals surface area contributed by atoms with Crippen molar-refractivity contribution in [2.24, 2.45) is 0 Å². The summed E-state index contributed by atoms with van der Waals surface area (Å²) in [6.07, 6.45) is 1.52. The maximum absolute atomic E-state index is 12.4. The molecular formula is C17H15NO4. The first-order valence-electron chi connectivity index (χ1n) is 6.92. The first-order chi connectivity index (χ1) is 10.6. The van der Waals surface area contributed by atoms with Gasteiger partial charge in [0.15, 0.2) is 11.5 Å². The average molecular weight is 297 g/mol. The molecule has 1 atom stereocenters. The van der Waals surface area contributed by atoms with Gasteiger partial charge in [0.25, 0.3) is 5.91 Å². The fourth-order valence-electron chi connectivity index (χ4n) is 2.73. The highest BCUT2D eigenvalue weighted by molar-refractivity contribution is 6.08. The van der Waals surface area contributed by atoms with Gasteiger partial charge >= 0.3 is 0 Å². The predicted octanol–water partition coefficient (Wildman–Crippen LogP) is 2.76. The SMILES string of the molecule is CC(=O)C1=C(O)C(=O)N(Cc2ccco2)[C@H]1c1ccccc1. The Kier molecular flexibility index (Phi) is 3.55. The molecule has 22 heavy (non-hydrogen) atoms. The van der Waals surface area contributed by atoms with Crippen LogP contribution in [0.4, 0.5) is 0 Å². The molecule has 1 aliphatic heterocycles. The maximum atomic E-state index is 12.4. The van der Waals surface area contributed by atoms with Gasteiger partial charge in [0.2, 0.25) is 0 Å². The van der Waals surface area contributed by atoms with Crippen molar-refractivity contribution in [3.8, 4) is 0 Å². The lowest BCUT2D eigenvalue weighted by molar-refractivity contribution is -0.130. The third kappa shape index (κ3) is 2.30. The minimum atomic E-state index is -0.601. The van der Waals surface area contributed by atoms with Crippen molar-refractivity contribution in [1.82, 2.24) is 4.90 Å². The summed E-state index contributed by atoms with van der Waals surface area (Å²) in [6.45, 7) is 1.54. The van der Waals surface area contributed by atoms with Crippen molar-refractivity contribution >= 4 is 11.7 Å². The van der Waals surface area contributed by atoms with Gasteiger partial charge in [-0.2, -0.15) is 0 Å². The normalized spacial score (nSPS) is 18.1. The standard InChI is InChI=1S/C17H15NO4/c1-11(19)14-15(12-6-3-2-4-7-12)18(17(21)16(14)20)10-13-8-5-9-22-13/h2-9,15,20H,10H2,1H3/t15-/m0/s1. The van der Waals surface area contributed by atoms with E-state index >= 15 is 0 Å². The molecule has 112 valence electrons. The summed E-state index contributed by atoms with van der Waals surface area (Å²) < 4.78 is 5.28. The van der Waals surface area contributed by atoms with Gasteiger partial charge in [-0.05, 0) is 24.6 Å². The van der Waals surface area contributed by atoms with E-state index in [1.165, 1.54) is 18.1 Å². The topological polar surface area (TPSA) is 70.8 Å². The number of aliphatic hydroxyl groups is 1. The van der Waals surface area contributed by atoms with Gasteiger partial charge in [-0.25, -0.2) is 0 Å². The van der Waals surface area contributed by atoms with Crippen molar-refractivity contribution in [3.63, 3.8) is 0 Å². The van der Waals surface area contributed by atoms with E-state index in [0.29, 0.717) is 5.76 Å². The van der Waals surface area contributed by atoms with E-state index in [1.807, 2.05) is 30.3 Å². The molecule has 1 aromatic carbocycles. The van der Waals surface area contributed by atoms with Crippen LogP contribution in [0, 0.1) is 0 Å². The van der Waals surface area contributed by atoms with Gasteiger partial charge in [-0.1, -0.05) is 30.3 Å². The lowest BCUT2D eigenvalue weighted by Crippen LogP contribution is -2.30. The molecule has 0 saturated carbocycles. The highest BCUT2D eigenvalue weighted by Crippen LogP contribution is 2.38. The Hall–Kier alpha value is -2.82. The van der Waals surface area contributed by atoms with Crippen LogP contribution >= 0.6 is 0 Å². The van der Waals surface area contributed by atoms with Crippen LogP contribution in [-0.4, -0.2) is 21.7 Å². The summed E-state index contributed by atoms with van der Waals surface area (Å²) in [5.41, 5.74) is 0.902. The van der Waals surface area contributed by atoms with Crippen LogP contribution in [0.3, 0.4) is 0 Å². The Morgan fingerprint density at radius 1 is 1.23 bits per heavy atom. The summed E-state index contributed by atoms with van der Waals surface area (Å²) in [5, 5.41) is 10.1. The largest absolute Gasteiger partial charge is 0.503 e. The van der Waals surface area contributed by atoms with Crippen molar-refractivity contribution in [2.45, 2.75) is 19.5 Å². The number of furan rings is 1. The Bertz CT molecular complexity index is 731. The number of Topliss-reactive ketones (excluding diaryl/α,β-unsaturated/α-hetero) is 1. The van der Waals surface area contributed by atoms with E-state index in [2.05, 4.69) is 0 Å². The predicted molar refractivity (Wildman–Crippen MR) is 78.8 cm³/mol. The number of benzene rings is 1. The molecule has 1 N–H and O–H groups in total. The summed E-state index contributed by atoms with van der Waals surface area (Å²) in [4.78, 5) is 25.7. The maximum Gasteiger partial charge on any atom is 0.290 e. The van der Waals surface area contributed by atoms with E-state index in [1.54, 1.807) is 12.1 Å². The molecule has 5 heteroatoms. The van der Waals surface area contributed by atoms with Crippen LogP contribution in [0.25, 0.3) is 0 Å². The molecule has 0 fully saturated rings. The van der Waals surface area contributed by atoms with Crippen molar-refractivity contribution in [3.05, 3.63) is 71.4 Å². The van der Waals surface area contributed by atoms with E-state index < -0.39 is 17.7 Å². The number of carbonyl (C=O) groups excluding carboxylic acids is 2. The molecular weight excluding hydrogens is 282 g/mol. The van der Waals surface area contributed by atoms with E-state index in [4.69, 9.17) is 4.42 Å². The highest BCUT2D eigenvalue weighted by atomic mass is 16.3. The Morgan fingerprint density at radius 3 is 2.55 bits per heavy atom. The third-order valence-electron chi connectivity index (χ3n) is 3.70. The lowest BCUT2D eigenvalue weighted by Gasteiger charge is -2.25. The minimum absolute atomic E-state index is 0.128. The number of aliphatic hydroxyl groups excluding tert-OH is 1. The first kappa shape index (κ1) is 14.1. The fourth-order valence-corrected chi connectivity index (χ4v) is 2.73. The smallest absolute Gasteiger partial charge is 0.290 e. The van der Waals surface area contributed by atoms with Gasteiger partial charge in [-0.3, -0.25) is 9.59 Å². The van der Waals surface area contributed by atoms with Gasteiger partial charge in [0.1, 0.15) is 5.76 Å². The van der Waals surface area contributed by atoms with E-state index in [-0.39, 0.29) is 17.9 Å². The number of amides is 1. The molecule has 0 spiro atoms. The van der Waals surface area contributed by atoms with Crippen molar-refractivity contribution in [1.29, 1.82) is 0 Å². The summed E-state index contributed by atoms with van der Waals surface area (Å²) in [7, 11) is 0. The monoisotopic (exact) mass is 297 g/mol. The fraction of sp³-hybridized carbons (Fsp3) is 0.176. The average Bonchev–Trinajstić information content (AvgIpc) is 3.10. The number of nitrogens with zero attached hydrogens (tertiary/aromatic N) is 1. The van der Waals surface area contributed by atoms with Gasteiger partial charge in [0.05, 0.1) is 24.4 Å². The molecule has 2 aromatic rings. The molecule has 0 radical (unpaired) electrons. The molecule has 3 rings (SSSR count). The quantitative estimate of drug-likeness (QED) is 0.942. The minimum Gasteiger partial charge on any atom is -0.503 e. The molecule has 1 aromatic heterocycles. The van der Waals surface area contributed by atoms with Crippen molar-refractivity contribution < 1.29 is 19.1 Å². The zero-order valence-electron chi connectivity index (χ0n) is 12.0. The van der Waals surface area contributed by atoms with Crippen LogP contribution in [0.5, 0.6) is 0 Å². The van der Waals surface area contributed by atoms with Gasteiger partial charge in [0, 0.05) is 0 Å². The molecule has 0 bridgehead atoms. The molecule has 0 unspecified atom stereocenters. The third-order valence-corrected chi connectivity index (χ3v) is 3.70. The summed E-state index contributed by atoms with van der Waals surface area (Å²) in [6, 6.07) is 12.1. The van der Waals surface area contributed by atoms with Gasteiger partial charge < -0.3 is 14.4 Å². The molecule has 0 saturated heterocycles. The van der Waals surface area contributed by atoms with Crippen LogP contribution in [0.2, 0.25) is 0 Å². The number of hydrogen-bond donors (Lipinski definition) is 1. The molecule has 2 heterocycles. The Morgan fingerprint density at radius 2 is 1.95 bits per heavy atom. The lowest BCUT2D eigenvalue weighted by atomic mass is 9.97. The Labute approximate surface area is 127 Å².